The number of hydrogen-bond donors (Lipinski definition) is 2. The third-order valence-corrected chi connectivity index (χ3v) is 4.80. The molecular formula is C19H18ClN5O2. The summed E-state index contributed by atoms with van der Waals surface area (Å²) in [7, 11) is 0. The summed E-state index contributed by atoms with van der Waals surface area (Å²) in [6.45, 7) is -0.174. The van der Waals surface area contributed by atoms with Gasteiger partial charge in [-0.15, -0.1) is 0 Å². The van der Waals surface area contributed by atoms with E-state index in [1.807, 2.05) is 53.2 Å². The minimum absolute atomic E-state index is 0.0353. The Bertz CT molecular complexity index is 957. The van der Waals surface area contributed by atoms with E-state index in [1.165, 1.54) is 6.33 Å². The quantitative estimate of drug-likeness (QED) is 0.706. The van der Waals surface area contributed by atoms with Crippen molar-refractivity contribution in [1.29, 1.82) is 0 Å². The molecule has 7 nitrogen and oxygen atoms in total. The van der Waals surface area contributed by atoms with Gasteiger partial charge in [-0.1, -0.05) is 41.9 Å². The zero-order chi connectivity index (χ0) is 18.8. The van der Waals surface area contributed by atoms with Crippen LogP contribution in [0.15, 0.2) is 54.9 Å². The predicted molar refractivity (Wildman–Crippen MR) is 102 cm³/mol. The molecular weight excluding hydrogens is 366 g/mol. The normalized spacial score (nSPS) is 18.4. The Morgan fingerprint density at radius 2 is 2.04 bits per heavy atom. The van der Waals surface area contributed by atoms with Crippen LogP contribution < -0.4 is 15.8 Å². The predicted octanol–water partition coefficient (Wildman–Crippen LogP) is 2.94. The van der Waals surface area contributed by atoms with Crippen molar-refractivity contribution in [2.45, 2.75) is 18.5 Å². The number of fused-ring (bicyclic) bond motifs is 1. The molecule has 3 N–H and O–H groups in total. The van der Waals surface area contributed by atoms with Gasteiger partial charge < -0.3 is 15.8 Å². The minimum atomic E-state index is -0.518. The number of primary amides is 1. The third kappa shape index (κ3) is 3.59. The smallest absolute Gasteiger partial charge is 0.255 e. The van der Waals surface area contributed by atoms with Crippen molar-refractivity contribution in [3.05, 3.63) is 71.0 Å². The van der Waals surface area contributed by atoms with Crippen LogP contribution in [0.5, 0.6) is 5.75 Å². The van der Waals surface area contributed by atoms with E-state index < -0.39 is 5.91 Å². The first-order valence-corrected chi connectivity index (χ1v) is 8.91. The van der Waals surface area contributed by atoms with Gasteiger partial charge in [0.1, 0.15) is 12.1 Å². The Kier molecular flexibility index (Phi) is 4.68. The summed E-state index contributed by atoms with van der Waals surface area (Å²) in [6, 6.07) is 15.3. The number of para-hydroxylation sites is 1. The van der Waals surface area contributed by atoms with Gasteiger partial charge in [-0.25, -0.2) is 4.68 Å². The number of nitrogens with two attached hydrogens (primary N) is 1. The molecule has 0 fully saturated rings. The number of rotatable bonds is 5. The second-order valence-corrected chi connectivity index (χ2v) is 6.76. The van der Waals surface area contributed by atoms with Gasteiger partial charge in [0, 0.05) is 10.6 Å². The van der Waals surface area contributed by atoms with E-state index in [4.69, 9.17) is 22.1 Å². The van der Waals surface area contributed by atoms with Crippen molar-refractivity contribution in [3.63, 3.8) is 0 Å². The molecule has 0 radical (unpaired) electrons. The summed E-state index contributed by atoms with van der Waals surface area (Å²) >= 11 is 6.02. The number of carbonyl (C=O) groups excluding carboxylic acids is 1. The van der Waals surface area contributed by atoms with E-state index in [-0.39, 0.29) is 18.7 Å². The van der Waals surface area contributed by atoms with E-state index >= 15 is 0 Å². The molecule has 1 aliphatic heterocycles. The van der Waals surface area contributed by atoms with Crippen LogP contribution in [0.3, 0.4) is 0 Å². The van der Waals surface area contributed by atoms with Crippen molar-refractivity contribution >= 4 is 23.5 Å². The van der Waals surface area contributed by atoms with Gasteiger partial charge in [0.2, 0.25) is 5.95 Å². The fraction of sp³-hybridized carbons (Fsp3) is 0.211. The van der Waals surface area contributed by atoms with Crippen molar-refractivity contribution in [2.24, 2.45) is 5.73 Å². The van der Waals surface area contributed by atoms with E-state index in [1.54, 1.807) is 0 Å². The Balaban J connectivity index is 1.70. The highest BCUT2D eigenvalue weighted by molar-refractivity contribution is 6.30. The van der Waals surface area contributed by atoms with Gasteiger partial charge in [-0.05, 0) is 30.2 Å². The van der Waals surface area contributed by atoms with Crippen LogP contribution in [0.1, 0.15) is 29.6 Å². The second kappa shape index (κ2) is 7.28. The van der Waals surface area contributed by atoms with Gasteiger partial charge in [0.25, 0.3) is 5.91 Å². The summed E-state index contributed by atoms with van der Waals surface area (Å²) < 4.78 is 7.46. The van der Waals surface area contributed by atoms with Crippen molar-refractivity contribution in [1.82, 2.24) is 14.8 Å². The fourth-order valence-electron chi connectivity index (χ4n) is 3.33. The van der Waals surface area contributed by atoms with Crippen LogP contribution >= 0.6 is 11.6 Å². The lowest BCUT2D eigenvalue weighted by molar-refractivity contribution is -0.119. The SMILES string of the molecule is NC(=O)COc1ccccc1[C@H]1C[C@@H](c2ccc(Cl)cc2)Nc2ncnn21. The molecule has 138 valence electrons. The van der Waals surface area contributed by atoms with Crippen molar-refractivity contribution in [3.8, 4) is 5.75 Å². The topological polar surface area (TPSA) is 95.1 Å². The van der Waals surface area contributed by atoms with Crippen LogP contribution in [0.2, 0.25) is 5.02 Å². The van der Waals surface area contributed by atoms with Crippen LogP contribution in [0.4, 0.5) is 5.95 Å². The average molecular weight is 384 g/mol. The molecule has 2 atom stereocenters. The van der Waals surface area contributed by atoms with Gasteiger partial charge in [0.15, 0.2) is 6.61 Å². The molecule has 0 saturated heterocycles. The number of halogens is 1. The molecule has 27 heavy (non-hydrogen) atoms. The maximum absolute atomic E-state index is 11.1. The number of carbonyl (C=O) groups is 1. The molecule has 1 aromatic heterocycles. The first-order valence-electron chi connectivity index (χ1n) is 8.53. The summed E-state index contributed by atoms with van der Waals surface area (Å²) in [5.74, 6) is 0.769. The molecule has 0 bridgehead atoms. The van der Waals surface area contributed by atoms with Gasteiger partial charge in [-0.3, -0.25) is 4.79 Å². The molecule has 8 heteroatoms. The van der Waals surface area contributed by atoms with Gasteiger partial charge >= 0.3 is 0 Å². The molecule has 1 aliphatic rings. The molecule has 0 spiro atoms. The van der Waals surface area contributed by atoms with Gasteiger partial charge in [0.05, 0.1) is 12.1 Å². The summed E-state index contributed by atoms with van der Waals surface area (Å²) in [4.78, 5) is 15.5. The van der Waals surface area contributed by atoms with Crippen LogP contribution in [0.25, 0.3) is 0 Å². The zero-order valence-corrected chi connectivity index (χ0v) is 15.1. The molecule has 4 rings (SSSR count). The van der Waals surface area contributed by atoms with Gasteiger partial charge in [-0.2, -0.15) is 10.1 Å². The number of hydrogen-bond acceptors (Lipinski definition) is 5. The minimum Gasteiger partial charge on any atom is -0.483 e. The lowest BCUT2D eigenvalue weighted by Crippen LogP contribution is -2.28. The molecule has 0 unspecified atom stereocenters. The Hall–Kier alpha value is -3.06. The highest BCUT2D eigenvalue weighted by Gasteiger charge is 2.31. The van der Waals surface area contributed by atoms with Crippen molar-refractivity contribution in [2.75, 3.05) is 11.9 Å². The molecule has 0 saturated carbocycles. The number of amides is 1. The highest BCUT2D eigenvalue weighted by Crippen LogP contribution is 2.40. The molecule has 2 heterocycles. The second-order valence-electron chi connectivity index (χ2n) is 6.32. The fourth-order valence-corrected chi connectivity index (χ4v) is 3.45. The molecule has 0 aliphatic carbocycles. The first-order chi connectivity index (χ1) is 13.1. The Morgan fingerprint density at radius 3 is 2.81 bits per heavy atom. The number of anilines is 1. The molecule has 1 amide bonds. The van der Waals surface area contributed by atoms with Crippen LogP contribution in [-0.2, 0) is 4.79 Å². The largest absolute Gasteiger partial charge is 0.483 e. The van der Waals surface area contributed by atoms with E-state index in [9.17, 15) is 4.79 Å². The number of ether oxygens (including phenoxy) is 1. The van der Waals surface area contributed by atoms with E-state index in [2.05, 4.69) is 15.4 Å². The number of nitrogens with one attached hydrogen (secondary N) is 1. The highest BCUT2D eigenvalue weighted by atomic mass is 35.5. The summed E-state index contributed by atoms with van der Waals surface area (Å²) in [5, 5.41) is 8.48. The maximum Gasteiger partial charge on any atom is 0.255 e. The third-order valence-electron chi connectivity index (χ3n) is 4.55. The molecule has 2 aromatic carbocycles. The number of benzene rings is 2. The lowest BCUT2D eigenvalue weighted by Gasteiger charge is -2.32. The van der Waals surface area contributed by atoms with Crippen LogP contribution in [0, 0.1) is 0 Å². The lowest BCUT2D eigenvalue weighted by atomic mass is 9.93. The average Bonchev–Trinajstić information content (AvgIpc) is 3.15. The summed E-state index contributed by atoms with van der Waals surface area (Å²) in [6.07, 6.45) is 2.25. The number of nitrogens with zero attached hydrogens (tertiary/aromatic N) is 3. The molecule has 3 aromatic rings. The maximum atomic E-state index is 11.1. The van der Waals surface area contributed by atoms with Crippen LogP contribution in [-0.4, -0.2) is 27.3 Å². The number of aromatic nitrogens is 3. The van der Waals surface area contributed by atoms with Crippen molar-refractivity contribution < 1.29 is 9.53 Å². The first kappa shape index (κ1) is 17.4. The van der Waals surface area contributed by atoms with E-state index in [0.29, 0.717) is 16.7 Å². The van der Waals surface area contributed by atoms with E-state index in [0.717, 1.165) is 17.5 Å². The summed E-state index contributed by atoms with van der Waals surface area (Å²) in [5.41, 5.74) is 7.25. The standard InChI is InChI=1S/C19H18ClN5O2/c20-13-7-5-12(6-8-13)15-9-16(25-19(24-15)22-11-23-25)14-3-1-2-4-17(14)27-10-18(21)26/h1-8,11,15-16H,9-10H2,(H2,21,26)(H,22,23,24)/t15-,16+/m0/s1. The monoisotopic (exact) mass is 383 g/mol. The zero-order valence-electron chi connectivity index (χ0n) is 14.4. The Morgan fingerprint density at radius 1 is 1.26 bits per heavy atom. The Labute approximate surface area is 161 Å².